The minimum atomic E-state index is -0.0771. The zero-order valence-electron chi connectivity index (χ0n) is 13.7. The number of hydrogen-bond donors (Lipinski definition) is 3. The molecule has 6 nitrogen and oxygen atoms in total. The van der Waals surface area contributed by atoms with Crippen LogP contribution in [0.1, 0.15) is 46.8 Å². The van der Waals surface area contributed by atoms with Crippen molar-refractivity contribution in [2.45, 2.75) is 37.4 Å². The van der Waals surface area contributed by atoms with Crippen LogP contribution in [0, 0.1) is 17.2 Å². The van der Waals surface area contributed by atoms with Gasteiger partial charge in [0.2, 0.25) is 0 Å². The lowest BCUT2D eigenvalue weighted by molar-refractivity contribution is 0.0915. The van der Waals surface area contributed by atoms with Gasteiger partial charge in [-0.1, -0.05) is 0 Å². The second-order valence-electron chi connectivity index (χ2n) is 6.77. The molecule has 1 saturated heterocycles. The average molecular weight is 336 g/mol. The van der Waals surface area contributed by atoms with Crippen LogP contribution >= 0.6 is 0 Å². The third-order valence-electron chi connectivity index (χ3n) is 5.27. The summed E-state index contributed by atoms with van der Waals surface area (Å²) in [7, 11) is 0. The first kappa shape index (κ1) is 15.9. The van der Waals surface area contributed by atoms with Crippen LogP contribution < -0.4 is 16.2 Å². The van der Waals surface area contributed by atoms with Crippen molar-refractivity contribution in [1.82, 2.24) is 16.2 Å². The molecular formula is C19H20N4O2. The number of fused-ring (bicyclic) bond motifs is 1. The number of nitriles is 1. The van der Waals surface area contributed by atoms with Gasteiger partial charge in [0.05, 0.1) is 30.2 Å². The summed E-state index contributed by atoms with van der Waals surface area (Å²) >= 11 is 0. The number of carbonyl (C=O) groups excluding carboxylic acids is 1. The van der Waals surface area contributed by atoms with Gasteiger partial charge in [-0.05, 0) is 55.5 Å². The van der Waals surface area contributed by atoms with E-state index >= 15 is 0 Å². The first-order chi connectivity index (χ1) is 12.2. The van der Waals surface area contributed by atoms with Gasteiger partial charge in [0, 0.05) is 23.2 Å². The van der Waals surface area contributed by atoms with E-state index in [1.807, 2.05) is 6.07 Å². The molecule has 2 aromatic rings. The summed E-state index contributed by atoms with van der Waals surface area (Å²) in [6.07, 6.45) is 6.36. The zero-order chi connectivity index (χ0) is 17.2. The number of hydrazine groups is 1. The van der Waals surface area contributed by atoms with Crippen molar-refractivity contribution in [2.24, 2.45) is 5.92 Å². The highest BCUT2D eigenvalue weighted by atomic mass is 16.3. The minimum Gasteiger partial charge on any atom is -0.472 e. The van der Waals surface area contributed by atoms with E-state index in [1.165, 1.54) is 0 Å². The Balaban J connectivity index is 1.42. The Morgan fingerprint density at radius 3 is 2.76 bits per heavy atom. The second-order valence-corrected chi connectivity index (χ2v) is 6.77. The van der Waals surface area contributed by atoms with Gasteiger partial charge < -0.3 is 9.73 Å². The van der Waals surface area contributed by atoms with Crippen LogP contribution in [0.3, 0.4) is 0 Å². The van der Waals surface area contributed by atoms with E-state index in [0.29, 0.717) is 23.1 Å². The zero-order valence-corrected chi connectivity index (χ0v) is 13.7. The van der Waals surface area contributed by atoms with E-state index in [-0.39, 0.29) is 18.0 Å². The topological polar surface area (TPSA) is 90.1 Å². The number of carbonyl (C=O) groups is 1. The molecule has 3 N–H and O–H groups in total. The molecular weight excluding hydrogens is 316 g/mol. The molecule has 1 saturated carbocycles. The van der Waals surface area contributed by atoms with Gasteiger partial charge in [0.1, 0.15) is 0 Å². The summed E-state index contributed by atoms with van der Waals surface area (Å²) in [6, 6.07) is 11.6. The van der Waals surface area contributed by atoms with Crippen LogP contribution in [0.4, 0.5) is 0 Å². The molecule has 25 heavy (non-hydrogen) atoms. The highest BCUT2D eigenvalue weighted by Gasteiger charge is 2.41. The number of furan rings is 1. The molecule has 4 unspecified atom stereocenters. The Bertz CT molecular complexity index is 779. The molecule has 0 radical (unpaired) electrons. The molecule has 1 aromatic heterocycles. The van der Waals surface area contributed by atoms with Crippen LogP contribution in [-0.2, 0) is 0 Å². The third-order valence-corrected chi connectivity index (χ3v) is 5.27. The smallest absolute Gasteiger partial charge is 0.251 e. The second kappa shape index (κ2) is 6.71. The molecule has 0 bridgehead atoms. The molecule has 1 aromatic carbocycles. The first-order valence-electron chi connectivity index (χ1n) is 8.59. The SMILES string of the molecule is N#Cc1ccc(C(=O)NC2CCC3NNC(c4ccoc4)C3C2)cc1. The van der Waals surface area contributed by atoms with Crippen molar-refractivity contribution in [3.05, 3.63) is 59.5 Å². The van der Waals surface area contributed by atoms with E-state index in [2.05, 4.69) is 22.2 Å². The van der Waals surface area contributed by atoms with Crippen molar-refractivity contribution < 1.29 is 9.21 Å². The number of benzene rings is 1. The molecule has 128 valence electrons. The molecule has 1 aliphatic carbocycles. The molecule has 1 amide bonds. The number of nitrogens with zero attached hydrogens (tertiary/aromatic N) is 1. The van der Waals surface area contributed by atoms with Crippen molar-refractivity contribution >= 4 is 5.91 Å². The lowest BCUT2D eigenvalue weighted by Gasteiger charge is -2.33. The maximum Gasteiger partial charge on any atom is 0.251 e. The van der Waals surface area contributed by atoms with Crippen molar-refractivity contribution in [1.29, 1.82) is 5.26 Å². The number of nitrogens with one attached hydrogen (secondary N) is 3. The summed E-state index contributed by atoms with van der Waals surface area (Å²) in [5, 5.41) is 12.0. The fourth-order valence-electron chi connectivity index (χ4n) is 3.94. The lowest BCUT2D eigenvalue weighted by atomic mass is 9.77. The predicted octanol–water partition coefficient (Wildman–Crippen LogP) is 2.27. The quantitative estimate of drug-likeness (QED) is 0.800. The highest BCUT2D eigenvalue weighted by Crippen LogP contribution is 2.38. The fraction of sp³-hybridized carbons (Fsp3) is 0.368. The molecule has 4 atom stereocenters. The Morgan fingerprint density at radius 1 is 1.20 bits per heavy atom. The van der Waals surface area contributed by atoms with Gasteiger partial charge in [0.25, 0.3) is 5.91 Å². The van der Waals surface area contributed by atoms with Crippen LogP contribution in [0.5, 0.6) is 0 Å². The summed E-state index contributed by atoms with van der Waals surface area (Å²) in [4.78, 5) is 12.5. The van der Waals surface area contributed by atoms with Crippen LogP contribution in [0.2, 0.25) is 0 Å². The third kappa shape index (κ3) is 3.16. The number of rotatable bonds is 3. The minimum absolute atomic E-state index is 0.0771. The van der Waals surface area contributed by atoms with Crippen molar-refractivity contribution in [3.8, 4) is 6.07 Å². The summed E-state index contributed by atoms with van der Waals surface area (Å²) in [6.45, 7) is 0. The Morgan fingerprint density at radius 2 is 2.04 bits per heavy atom. The van der Waals surface area contributed by atoms with E-state index in [0.717, 1.165) is 24.8 Å². The Hall–Kier alpha value is -2.62. The lowest BCUT2D eigenvalue weighted by Crippen LogP contribution is -2.44. The van der Waals surface area contributed by atoms with Gasteiger partial charge in [0.15, 0.2) is 0 Å². The predicted molar refractivity (Wildman–Crippen MR) is 91.3 cm³/mol. The maximum atomic E-state index is 12.5. The number of amides is 1. The van der Waals surface area contributed by atoms with Gasteiger partial charge in [-0.3, -0.25) is 10.2 Å². The first-order valence-corrected chi connectivity index (χ1v) is 8.59. The molecule has 1 aliphatic heterocycles. The molecule has 6 heteroatoms. The Labute approximate surface area is 146 Å². The van der Waals surface area contributed by atoms with Crippen molar-refractivity contribution in [3.63, 3.8) is 0 Å². The van der Waals surface area contributed by atoms with E-state index < -0.39 is 0 Å². The fourth-order valence-corrected chi connectivity index (χ4v) is 3.94. The van der Waals surface area contributed by atoms with Crippen LogP contribution in [0.15, 0.2) is 47.3 Å². The largest absolute Gasteiger partial charge is 0.472 e. The number of hydrogen-bond acceptors (Lipinski definition) is 5. The van der Waals surface area contributed by atoms with E-state index in [4.69, 9.17) is 9.68 Å². The summed E-state index contributed by atoms with van der Waals surface area (Å²) in [5.41, 5.74) is 9.04. The van der Waals surface area contributed by atoms with Crippen molar-refractivity contribution in [2.75, 3.05) is 0 Å². The molecule has 2 heterocycles. The maximum absolute atomic E-state index is 12.5. The van der Waals surface area contributed by atoms with E-state index in [1.54, 1.807) is 36.8 Å². The van der Waals surface area contributed by atoms with Gasteiger partial charge >= 0.3 is 0 Å². The summed E-state index contributed by atoms with van der Waals surface area (Å²) < 4.78 is 5.21. The standard InChI is InChI=1S/C19H20N4O2/c20-10-12-1-3-13(4-2-12)19(24)21-15-5-6-17-16(9-15)18(23-22-17)14-7-8-25-11-14/h1-4,7-8,11,15-18,22-23H,5-6,9H2,(H,21,24). The molecule has 2 aliphatic rings. The van der Waals surface area contributed by atoms with Gasteiger partial charge in [-0.2, -0.15) is 5.26 Å². The van der Waals surface area contributed by atoms with E-state index in [9.17, 15) is 4.79 Å². The molecule has 4 rings (SSSR count). The highest BCUT2D eigenvalue weighted by molar-refractivity contribution is 5.94. The molecule has 2 fully saturated rings. The summed E-state index contributed by atoms with van der Waals surface area (Å²) in [5.74, 6) is 0.337. The molecule has 0 spiro atoms. The Kier molecular flexibility index (Phi) is 4.26. The average Bonchev–Trinajstić information content (AvgIpc) is 3.30. The van der Waals surface area contributed by atoms with Crippen LogP contribution in [-0.4, -0.2) is 18.0 Å². The van der Waals surface area contributed by atoms with Crippen LogP contribution in [0.25, 0.3) is 0 Å². The van der Waals surface area contributed by atoms with Gasteiger partial charge in [-0.25, -0.2) is 5.43 Å². The van der Waals surface area contributed by atoms with Gasteiger partial charge in [-0.15, -0.1) is 0 Å². The monoisotopic (exact) mass is 336 g/mol. The normalized spacial score (nSPS) is 28.1.